The summed E-state index contributed by atoms with van der Waals surface area (Å²) in [7, 11) is 1.21. The second-order valence-electron chi connectivity index (χ2n) is 7.10. The molecule has 0 atom stereocenters. The highest BCUT2D eigenvalue weighted by atomic mass is 19.4. The van der Waals surface area contributed by atoms with E-state index < -0.39 is 24.5 Å². The number of methoxy groups -OCH3 is 1. The summed E-state index contributed by atoms with van der Waals surface area (Å²) < 4.78 is 63.0. The molecule has 0 spiro atoms. The maximum absolute atomic E-state index is 13.4. The molecule has 0 bridgehead atoms. The van der Waals surface area contributed by atoms with Crippen LogP contribution in [0.2, 0.25) is 0 Å². The molecule has 1 amide bonds. The van der Waals surface area contributed by atoms with Crippen molar-refractivity contribution in [2.45, 2.75) is 19.3 Å². The number of benzene rings is 1. The van der Waals surface area contributed by atoms with Gasteiger partial charge >= 0.3 is 6.18 Å². The molecule has 1 aliphatic heterocycles. The fourth-order valence-electron chi connectivity index (χ4n) is 3.46. The zero-order chi connectivity index (χ0) is 23.8. The van der Waals surface area contributed by atoms with Crippen molar-refractivity contribution in [3.63, 3.8) is 0 Å². The summed E-state index contributed by atoms with van der Waals surface area (Å²) in [5.74, 6) is -1.75. The van der Waals surface area contributed by atoms with Crippen molar-refractivity contribution in [1.82, 2.24) is 19.7 Å². The van der Waals surface area contributed by atoms with Crippen LogP contribution >= 0.6 is 0 Å². The van der Waals surface area contributed by atoms with Crippen LogP contribution in [0.1, 0.15) is 27.2 Å². The average molecular weight is 461 g/mol. The number of pyridine rings is 1. The zero-order valence-corrected chi connectivity index (χ0v) is 17.1. The predicted molar refractivity (Wildman–Crippen MR) is 104 cm³/mol. The van der Waals surface area contributed by atoms with Crippen LogP contribution in [0.5, 0.6) is 11.5 Å². The molecular weight excluding hydrogens is 446 g/mol. The lowest BCUT2D eigenvalue weighted by Gasteiger charge is -2.21. The minimum Gasteiger partial charge on any atom is -0.494 e. The third kappa shape index (κ3) is 4.43. The predicted octanol–water partition coefficient (Wildman–Crippen LogP) is 3.38. The molecule has 1 aromatic carbocycles. The summed E-state index contributed by atoms with van der Waals surface area (Å²) in [6.07, 6.45) is -0.525. The minimum absolute atomic E-state index is 0.0269. The van der Waals surface area contributed by atoms with Gasteiger partial charge in [0, 0.05) is 24.4 Å². The molecule has 1 aliphatic rings. The van der Waals surface area contributed by atoms with Gasteiger partial charge < -0.3 is 14.4 Å². The van der Waals surface area contributed by atoms with Gasteiger partial charge in [-0.15, -0.1) is 0 Å². The summed E-state index contributed by atoms with van der Waals surface area (Å²) in [4.78, 5) is 18.4. The summed E-state index contributed by atoms with van der Waals surface area (Å²) in [5.41, 5.74) is 1.28. The normalized spacial score (nSPS) is 12.9. The smallest absolute Gasteiger partial charge is 0.422 e. The summed E-state index contributed by atoms with van der Waals surface area (Å²) in [5, 5.41) is 13.7. The van der Waals surface area contributed by atoms with Crippen LogP contribution < -0.4 is 9.47 Å². The first-order valence-corrected chi connectivity index (χ1v) is 9.48. The van der Waals surface area contributed by atoms with Gasteiger partial charge in [0.15, 0.2) is 12.4 Å². The van der Waals surface area contributed by atoms with E-state index in [2.05, 4.69) is 10.1 Å². The second kappa shape index (κ2) is 8.42. The van der Waals surface area contributed by atoms with E-state index in [0.717, 1.165) is 12.3 Å². The fourth-order valence-corrected chi connectivity index (χ4v) is 3.46. The lowest BCUT2D eigenvalue weighted by atomic mass is 10.1. The van der Waals surface area contributed by atoms with Gasteiger partial charge in [-0.25, -0.2) is 9.07 Å². The largest absolute Gasteiger partial charge is 0.494 e. The van der Waals surface area contributed by atoms with Crippen LogP contribution in [0.25, 0.3) is 5.69 Å². The van der Waals surface area contributed by atoms with Crippen molar-refractivity contribution < 1.29 is 31.8 Å². The molecule has 3 heterocycles. The van der Waals surface area contributed by atoms with Gasteiger partial charge in [0.2, 0.25) is 0 Å². The lowest BCUT2D eigenvalue weighted by molar-refractivity contribution is -0.153. The van der Waals surface area contributed by atoms with Gasteiger partial charge in [-0.2, -0.15) is 23.5 Å². The van der Waals surface area contributed by atoms with Crippen LogP contribution in [-0.2, 0) is 13.1 Å². The van der Waals surface area contributed by atoms with Crippen LogP contribution in [0.15, 0.2) is 36.8 Å². The first-order valence-electron chi connectivity index (χ1n) is 9.48. The summed E-state index contributed by atoms with van der Waals surface area (Å²) in [6.45, 7) is -1.48. The molecule has 170 valence electrons. The lowest BCUT2D eigenvalue weighted by Crippen LogP contribution is -2.28. The van der Waals surface area contributed by atoms with Crippen molar-refractivity contribution in [3.05, 3.63) is 65.0 Å². The fraction of sp³-hybridized carbons (Fsp3) is 0.238. The number of aromatic nitrogens is 3. The van der Waals surface area contributed by atoms with Gasteiger partial charge in [0.05, 0.1) is 43.0 Å². The molecule has 0 aliphatic carbocycles. The standard InChI is InChI=1S/C21H15F4N5O3/c1-32-19-12(5-26)2-3-17(33-11-21(23,24)25)18(19)20(31)29-8-13-9-30(28-16(13)10-29)15-4-14(22)6-27-7-15/h2-4,6-7,9H,8,10-11H2,1H3. The number of hydrogen-bond donors (Lipinski definition) is 0. The molecule has 0 unspecified atom stereocenters. The van der Waals surface area contributed by atoms with Gasteiger partial charge in [-0.1, -0.05) is 0 Å². The number of nitrogens with zero attached hydrogens (tertiary/aromatic N) is 5. The minimum atomic E-state index is -4.62. The van der Waals surface area contributed by atoms with Crippen LogP contribution in [0.3, 0.4) is 0 Å². The van der Waals surface area contributed by atoms with E-state index in [0.29, 0.717) is 16.9 Å². The van der Waals surface area contributed by atoms with Crippen LogP contribution in [0, 0.1) is 17.1 Å². The monoisotopic (exact) mass is 461 g/mol. The molecule has 0 fully saturated rings. The van der Waals surface area contributed by atoms with E-state index in [1.165, 1.54) is 35.0 Å². The number of halogens is 4. The van der Waals surface area contributed by atoms with E-state index in [-0.39, 0.29) is 35.7 Å². The van der Waals surface area contributed by atoms with E-state index >= 15 is 0 Å². The number of rotatable bonds is 5. The number of ether oxygens (including phenoxy) is 2. The van der Waals surface area contributed by atoms with E-state index in [9.17, 15) is 27.6 Å². The molecular formula is C21H15F4N5O3. The third-order valence-corrected chi connectivity index (χ3v) is 4.87. The SMILES string of the molecule is COc1c(C#N)ccc(OCC(F)(F)F)c1C(=O)N1Cc2cn(-c3cncc(F)c3)nc2C1. The van der Waals surface area contributed by atoms with E-state index in [1.807, 2.05) is 6.07 Å². The highest BCUT2D eigenvalue weighted by Crippen LogP contribution is 2.36. The number of carbonyl (C=O) groups excluding carboxylic acids is 1. The average Bonchev–Trinajstić information content (AvgIpc) is 3.35. The molecule has 3 aromatic rings. The number of hydrogen-bond acceptors (Lipinski definition) is 6. The van der Waals surface area contributed by atoms with Gasteiger partial charge in [-0.05, 0) is 12.1 Å². The first-order chi connectivity index (χ1) is 15.7. The Balaban J connectivity index is 1.63. The molecule has 0 saturated heterocycles. The molecule has 12 heteroatoms. The second-order valence-corrected chi connectivity index (χ2v) is 7.10. The Kier molecular flexibility index (Phi) is 5.63. The number of nitriles is 1. The van der Waals surface area contributed by atoms with E-state index in [4.69, 9.17) is 9.47 Å². The number of amides is 1. The van der Waals surface area contributed by atoms with Gasteiger partial charge in [0.1, 0.15) is 23.2 Å². The Morgan fingerprint density at radius 1 is 1.27 bits per heavy atom. The molecule has 0 radical (unpaired) electrons. The Labute approximate surface area is 184 Å². The Morgan fingerprint density at radius 2 is 2.06 bits per heavy atom. The van der Waals surface area contributed by atoms with Crippen molar-refractivity contribution in [2.24, 2.45) is 0 Å². The first kappa shape index (κ1) is 22.1. The van der Waals surface area contributed by atoms with Crippen molar-refractivity contribution >= 4 is 5.91 Å². The zero-order valence-electron chi connectivity index (χ0n) is 17.1. The maximum atomic E-state index is 13.4. The Morgan fingerprint density at radius 3 is 2.70 bits per heavy atom. The number of alkyl halides is 3. The molecule has 4 rings (SSSR count). The van der Waals surface area contributed by atoms with Crippen LogP contribution in [0.4, 0.5) is 17.6 Å². The highest BCUT2D eigenvalue weighted by molar-refractivity contribution is 6.00. The van der Waals surface area contributed by atoms with Gasteiger partial charge in [-0.3, -0.25) is 9.78 Å². The van der Waals surface area contributed by atoms with Crippen molar-refractivity contribution in [3.8, 4) is 23.3 Å². The van der Waals surface area contributed by atoms with Crippen molar-refractivity contribution in [1.29, 1.82) is 5.26 Å². The topological polar surface area (TPSA) is 93.3 Å². The van der Waals surface area contributed by atoms with Crippen molar-refractivity contribution in [2.75, 3.05) is 13.7 Å². The quantitative estimate of drug-likeness (QED) is 0.541. The van der Waals surface area contributed by atoms with Gasteiger partial charge in [0.25, 0.3) is 5.91 Å². The number of fused-ring (bicyclic) bond motifs is 1. The molecule has 8 nitrogen and oxygen atoms in total. The number of carbonyl (C=O) groups is 1. The Bertz CT molecular complexity index is 1240. The molecule has 2 aromatic heterocycles. The summed E-state index contributed by atoms with van der Waals surface area (Å²) in [6, 6.07) is 5.45. The summed E-state index contributed by atoms with van der Waals surface area (Å²) >= 11 is 0. The Hall–Kier alpha value is -4.14. The van der Waals surface area contributed by atoms with Crippen LogP contribution in [-0.4, -0.2) is 45.5 Å². The molecule has 0 N–H and O–H groups in total. The highest BCUT2D eigenvalue weighted by Gasteiger charge is 2.34. The molecule has 0 saturated carbocycles. The third-order valence-electron chi connectivity index (χ3n) is 4.87. The van der Waals surface area contributed by atoms with E-state index in [1.54, 1.807) is 6.20 Å². The maximum Gasteiger partial charge on any atom is 0.422 e. The molecule has 33 heavy (non-hydrogen) atoms.